The molecule has 1 aliphatic heterocycles. The molecule has 1 unspecified atom stereocenters. The number of thioether (sulfide) groups is 1. The molecule has 2 heterocycles. The lowest BCUT2D eigenvalue weighted by atomic mass is 10.1. The molecule has 18 heavy (non-hydrogen) atoms. The number of ether oxygens (including phenoxy) is 1. The summed E-state index contributed by atoms with van der Waals surface area (Å²) >= 11 is 1.68. The third kappa shape index (κ3) is 2.15. The quantitative estimate of drug-likeness (QED) is 0.796. The van der Waals surface area contributed by atoms with Crippen LogP contribution in [0, 0.1) is 0 Å². The van der Waals surface area contributed by atoms with Crippen LogP contribution in [0.4, 0.5) is 0 Å². The predicted octanol–water partition coefficient (Wildman–Crippen LogP) is 2.96. The fraction of sp³-hybridized carbons (Fsp3) is 0.385. The molecular weight excluding hydrogens is 248 g/mol. The van der Waals surface area contributed by atoms with E-state index >= 15 is 0 Å². The second kappa shape index (κ2) is 5.12. The van der Waals surface area contributed by atoms with Crippen LogP contribution in [0.25, 0.3) is 11.5 Å². The van der Waals surface area contributed by atoms with Crippen LogP contribution in [0.3, 0.4) is 0 Å². The van der Waals surface area contributed by atoms with Crippen LogP contribution in [0.2, 0.25) is 0 Å². The highest BCUT2D eigenvalue weighted by molar-refractivity contribution is 7.98. The highest BCUT2D eigenvalue weighted by atomic mass is 32.2. The van der Waals surface area contributed by atoms with E-state index < -0.39 is 0 Å². The third-order valence-corrected chi connectivity index (χ3v) is 3.87. The van der Waals surface area contributed by atoms with Gasteiger partial charge in [-0.2, -0.15) is 4.98 Å². The van der Waals surface area contributed by atoms with E-state index in [0.717, 1.165) is 29.3 Å². The van der Waals surface area contributed by atoms with Crippen molar-refractivity contribution in [1.82, 2.24) is 10.1 Å². The molecule has 3 rings (SSSR count). The van der Waals surface area contributed by atoms with Crippen molar-refractivity contribution in [3.05, 3.63) is 30.1 Å². The van der Waals surface area contributed by atoms with E-state index in [9.17, 15) is 0 Å². The second-order valence-corrected chi connectivity index (χ2v) is 5.07. The van der Waals surface area contributed by atoms with E-state index in [1.165, 1.54) is 0 Å². The second-order valence-electron chi connectivity index (χ2n) is 4.22. The number of nitrogens with zero attached hydrogens (tertiary/aromatic N) is 2. The van der Waals surface area contributed by atoms with Gasteiger partial charge in [-0.3, -0.25) is 0 Å². The molecule has 4 nitrogen and oxygen atoms in total. The van der Waals surface area contributed by atoms with E-state index in [1.807, 2.05) is 24.5 Å². The van der Waals surface area contributed by atoms with Crippen LogP contribution in [0.15, 0.2) is 33.7 Å². The van der Waals surface area contributed by atoms with Gasteiger partial charge in [-0.25, -0.2) is 0 Å². The van der Waals surface area contributed by atoms with Gasteiger partial charge in [0.25, 0.3) is 5.89 Å². The molecule has 1 atom stereocenters. The molecule has 0 N–H and O–H groups in total. The van der Waals surface area contributed by atoms with Gasteiger partial charge in [-0.1, -0.05) is 17.3 Å². The fourth-order valence-corrected chi connectivity index (χ4v) is 2.66. The summed E-state index contributed by atoms with van der Waals surface area (Å²) in [6, 6.07) is 8.06. The molecule has 0 bridgehead atoms. The summed E-state index contributed by atoms with van der Waals surface area (Å²) in [6.45, 7) is 1.49. The predicted molar refractivity (Wildman–Crippen MR) is 69.7 cm³/mol. The summed E-state index contributed by atoms with van der Waals surface area (Å²) in [4.78, 5) is 5.65. The summed E-state index contributed by atoms with van der Waals surface area (Å²) in [5.41, 5.74) is 1.00. The first-order chi connectivity index (χ1) is 8.88. The fourth-order valence-electron chi connectivity index (χ4n) is 2.07. The molecule has 94 valence electrons. The van der Waals surface area contributed by atoms with Gasteiger partial charge in [0.05, 0.1) is 12.2 Å². The van der Waals surface area contributed by atoms with Gasteiger partial charge >= 0.3 is 0 Å². The van der Waals surface area contributed by atoms with Crippen molar-refractivity contribution in [2.75, 3.05) is 19.5 Å². The number of aromatic nitrogens is 2. The van der Waals surface area contributed by atoms with Gasteiger partial charge < -0.3 is 9.26 Å². The Hall–Kier alpha value is -1.33. The minimum absolute atomic E-state index is 0.281. The number of hydrogen-bond acceptors (Lipinski definition) is 5. The van der Waals surface area contributed by atoms with Crippen LogP contribution in [-0.4, -0.2) is 29.6 Å². The topological polar surface area (TPSA) is 48.2 Å². The van der Waals surface area contributed by atoms with Gasteiger partial charge in [0.1, 0.15) is 0 Å². The largest absolute Gasteiger partial charge is 0.381 e. The van der Waals surface area contributed by atoms with Crippen LogP contribution in [0.1, 0.15) is 18.2 Å². The van der Waals surface area contributed by atoms with Gasteiger partial charge in [-0.05, 0) is 24.8 Å². The molecule has 1 fully saturated rings. The zero-order valence-corrected chi connectivity index (χ0v) is 10.9. The summed E-state index contributed by atoms with van der Waals surface area (Å²) in [5.74, 6) is 1.64. The highest BCUT2D eigenvalue weighted by Gasteiger charge is 2.23. The summed E-state index contributed by atoms with van der Waals surface area (Å²) in [5, 5.41) is 4.07. The summed E-state index contributed by atoms with van der Waals surface area (Å²) < 4.78 is 10.7. The minimum atomic E-state index is 0.281. The average molecular weight is 262 g/mol. The van der Waals surface area contributed by atoms with E-state index in [0.29, 0.717) is 12.5 Å². The zero-order chi connectivity index (χ0) is 12.4. The van der Waals surface area contributed by atoms with Gasteiger partial charge in [-0.15, -0.1) is 11.8 Å². The Morgan fingerprint density at radius 3 is 3.00 bits per heavy atom. The van der Waals surface area contributed by atoms with Crippen molar-refractivity contribution in [2.45, 2.75) is 17.2 Å². The monoisotopic (exact) mass is 262 g/mol. The van der Waals surface area contributed by atoms with Gasteiger partial charge in [0, 0.05) is 17.4 Å². The molecule has 0 radical (unpaired) electrons. The van der Waals surface area contributed by atoms with Crippen molar-refractivity contribution in [1.29, 1.82) is 0 Å². The summed E-state index contributed by atoms with van der Waals surface area (Å²) in [6.07, 6.45) is 3.02. The Balaban J connectivity index is 1.92. The first kappa shape index (κ1) is 11.7. The smallest absolute Gasteiger partial charge is 0.259 e. The van der Waals surface area contributed by atoms with Crippen LogP contribution >= 0.6 is 11.8 Å². The molecule has 1 aromatic carbocycles. The highest BCUT2D eigenvalue weighted by Crippen LogP contribution is 2.30. The van der Waals surface area contributed by atoms with E-state index in [2.05, 4.69) is 16.2 Å². The third-order valence-electron chi connectivity index (χ3n) is 3.07. The van der Waals surface area contributed by atoms with Crippen LogP contribution < -0.4 is 0 Å². The Morgan fingerprint density at radius 2 is 2.22 bits per heavy atom. The Kier molecular flexibility index (Phi) is 3.34. The van der Waals surface area contributed by atoms with Gasteiger partial charge in [0.15, 0.2) is 5.82 Å². The maximum Gasteiger partial charge on any atom is 0.259 e. The van der Waals surface area contributed by atoms with Crippen molar-refractivity contribution in [3.63, 3.8) is 0 Å². The maximum absolute atomic E-state index is 5.38. The SMILES string of the molecule is CSc1ccccc1-c1nc(C2CCOC2)no1. The first-order valence-electron chi connectivity index (χ1n) is 5.93. The molecule has 0 amide bonds. The normalized spacial score (nSPS) is 19.3. The first-order valence-corrected chi connectivity index (χ1v) is 7.15. The number of rotatable bonds is 3. The Labute approximate surface area is 110 Å². The van der Waals surface area contributed by atoms with Crippen molar-refractivity contribution < 1.29 is 9.26 Å². The van der Waals surface area contributed by atoms with E-state index in [4.69, 9.17) is 9.26 Å². The zero-order valence-electron chi connectivity index (χ0n) is 10.1. The lowest BCUT2D eigenvalue weighted by molar-refractivity contribution is 0.192. The molecule has 5 heteroatoms. The van der Waals surface area contributed by atoms with Crippen molar-refractivity contribution in [3.8, 4) is 11.5 Å². The minimum Gasteiger partial charge on any atom is -0.381 e. The van der Waals surface area contributed by atoms with Crippen LogP contribution in [-0.2, 0) is 4.74 Å². The molecule has 1 aliphatic rings. The molecule has 1 aromatic heterocycles. The van der Waals surface area contributed by atoms with Crippen molar-refractivity contribution in [2.24, 2.45) is 0 Å². The van der Waals surface area contributed by atoms with Gasteiger partial charge in [0.2, 0.25) is 0 Å². The standard InChI is InChI=1S/C13H14N2O2S/c1-18-11-5-3-2-4-10(11)13-14-12(15-17-13)9-6-7-16-8-9/h2-5,9H,6-8H2,1H3. The Morgan fingerprint density at radius 1 is 1.33 bits per heavy atom. The molecular formula is C13H14N2O2S. The molecule has 0 saturated carbocycles. The molecule has 2 aromatic rings. The lowest BCUT2D eigenvalue weighted by Gasteiger charge is -2.01. The lowest BCUT2D eigenvalue weighted by Crippen LogP contribution is -1.99. The number of benzene rings is 1. The maximum atomic E-state index is 5.38. The van der Waals surface area contributed by atoms with Crippen LogP contribution in [0.5, 0.6) is 0 Å². The van der Waals surface area contributed by atoms with E-state index in [-0.39, 0.29) is 5.92 Å². The average Bonchev–Trinajstić information content (AvgIpc) is 3.09. The molecule has 0 spiro atoms. The molecule has 0 aliphatic carbocycles. The van der Waals surface area contributed by atoms with E-state index in [1.54, 1.807) is 11.8 Å². The van der Waals surface area contributed by atoms with Crippen molar-refractivity contribution >= 4 is 11.8 Å². The number of hydrogen-bond donors (Lipinski definition) is 0. The Bertz CT molecular complexity index is 535. The summed E-state index contributed by atoms with van der Waals surface area (Å²) in [7, 11) is 0. The molecule has 1 saturated heterocycles.